The number of carbonyl (C=O) groups is 1. The highest BCUT2D eigenvalue weighted by Crippen LogP contribution is 2.39. The van der Waals surface area contributed by atoms with Gasteiger partial charge in [0.15, 0.2) is 0 Å². The van der Waals surface area contributed by atoms with Crippen LogP contribution in [0.25, 0.3) is 0 Å². The van der Waals surface area contributed by atoms with Crippen LogP contribution in [0.4, 0.5) is 18.0 Å². The highest BCUT2D eigenvalue weighted by atomic mass is 35.5. The number of hydrogen-bond donors (Lipinski definition) is 1. The lowest BCUT2D eigenvalue weighted by Crippen LogP contribution is -2.38. The largest absolute Gasteiger partial charge is 0.573 e. The van der Waals surface area contributed by atoms with Crippen molar-refractivity contribution in [3.8, 4) is 17.2 Å². The first-order valence-electron chi connectivity index (χ1n) is 10.00. The number of carboxylic acid groups (broad SMARTS) is 1. The molecule has 0 aliphatic carbocycles. The number of hydrogen-bond acceptors (Lipinski definition) is 5. The zero-order chi connectivity index (χ0) is 23.4. The van der Waals surface area contributed by atoms with Crippen molar-refractivity contribution in [3.05, 3.63) is 52.5 Å². The van der Waals surface area contributed by atoms with Gasteiger partial charge in [-0.25, -0.2) is 4.79 Å². The van der Waals surface area contributed by atoms with Crippen molar-refractivity contribution in [2.45, 2.75) is 51.2 Å². The van der Waals surface area contributed by atoms with Gasteiger partial charge in [-0.2, -0.15) is 0 Å². The molecule has 32 heavy (non-hydrogen) atoms. The third kappa shape index (κ3) is 6.35. The van der Waals surface area contributed by atoms with Crippen LogP contribution in [0, 0.1) is 0 Å². The van der Waals surface area contributed by atoms with E-state index >= 15 is 0 Å². The molecule has 174 valence electrons. The third-order valence-electron chi connectivity index (χ3n) is 4.97. The lowest BCUT2D eigenvalue weighted by Gasteiger charge is -2.25. The molecule has 3 rings (SSSR count). The predicted octanol–water partition coefficient (Wildman–Crippen LogP) is 6.38. The second kappa shape index (κ2) is 9.77. The number of aryl methyl sites for hydroxylation is 1. The smallest absolute Gasteiger partial charge is 0.494 e. The molecule has 6 nitrogen and oxygen atoms in total. The SMILES string of the molecule is CC[C@]1(OC(=O)O)Cc2cc(OCCCCc3ccc(OC(F)(F)F)cc3Cl)ccc2O1. The average molecular weight is 475 g/mol. The number of halogens is 4. The maximum absolute atomic E-state index is 12.3. The maximum Gasteiger partial charge on any atom is 0.573 e. The van der Waals surface area contributed by atoms with Crippen molar-refractivity contribution in [1.29, 1.82) is 0 Å². The van der Waals surface area contributed by atoms with Gasteiger partial charge in [0, 0.05) is 17.0 Å². The summed E-state index contributed by atoms with van der Waals surface area (Å²) in [5.74, 6) is -0.377. The quantitative estimate of drug-likeness (QED) is 0.336. The number of unbranched alkanes of at least 4 members (excludes halogenated alkanes) is 1. The normalized spacial score (nSPS) is 17.4. The maximum atomic E-state index is 12.3. The van der Waals surface area contributed by atoms with Crippen LogP contribution >= 0.6 is 11.6 Å². The Bertz CT molecular complexity index is 965. The molecular formula is C22H22ClF3O6. The molecular weight excluding hydrogens is 453 g/mol. The van der Waals surface area contributed by atoms with E-state index in [0.717, 1.165) is 23.6 Å². The summed E-state index contributed by atoms with van der Waals surface area (Å²) in [6.07, 6.45) is -3.47. The minimum absolute atomic E-state index is 0.217. The number of alkyl halides is 3. The fraction of sp³-hybridized carbons (Fsp3) is 0.409. The minimum Gasteiger partial charge on any atom is -0.494 e. The molecule has 10 heteroatoms. The third-order valence-corrected chi connectivity index (χ3v) is 5.32. The summed E-state index contributed by atoms with van der Waals surface area (Å²) >= 11 is 6.05. The molecule has 0 spiro atoms. The van der Waals surface area contributed by atoms with E-state index in [9.17, 15) is 18.0 Å². The Balaban J connectivity index is 1.46. The lowest BCUT2D eigenvalue weighted by molar-refractivity contribution is -0.274. The number of benzene rings is 2. The topological polar surface area (TPSA) is 74.2 Å². The molecule has 1 heterocycles. The van der Waals surface area contributed by atoms with Crippen LogP contribution in [-0.2, 0) is 17.6 Å². The first kappa shape index (κ1) is 23.8. The fourth-order valence-corrected chi connectivity index (χ4v) is 3.70. The predicted molar refractivity (Wildman–Crippen MR) is 109 cm³/mol. The van der Waals surface area contributed by atoms with Gasteiger partial charge in [0.25, 0.3) is 5.79 Å². The van der Waals surface area contributed by atoms with Gasteiger partial charge in [-0.1, -0.05) is 24.6 Å². The van der Waals surface area contributed by atoms with E-state index in [1.165, 1.54) is 12.1 Å². The van der Waals surface area contributed by atoms with Gasteiger partial charge < -0.3 is 24.1 Å². The summed E-state index contributed by atoms with van der Waals surface area (Å²) in [7, 11) is 0. The van der Waals surface area contributed by atoms with Crippen LogP contribution < -0.4 is 14.2 Å². The fourth-order valence-electron chi connectivity index (χ4n) is 3.43. The summed E-state index contributed by atoms with van der Waals surface area (Å²) < 4.78 is 57.1. The molecule has 0 bridgehead atoms. The zero-order valence-electron chi connectivity index (χ0n) is 17.2. The molecule has 0 saturated heterocycles. The molecule has 2 aromatic carbocycles. The van der Waals surface area contributed by atoms with Gasteiger partial charge in [-0.05, 0) is 55.2 Å². The molecule has 1 atom stereocenters. The van der Waals surface area contributed by atoms with E-state index in [4.69, 9.17) is 30.9 Å². The van der Waals surface area contributed by atoms with Crippen LogP contribution in [0.3, 0.4) is 0 Å². The summed E-state index contributed by atoms with van der Waals surface area (Å²) in [4.78, 5) is 10.9. The molecule has 2 aromatic rings. The second-order valence-corrected chi connectivity index (χ2v) is 7.69. The van der Waals surface area contributed by atoms with Crippen molar-refractivity contribution < 1.29 is 42.0 Å². The highest BCUT2D eigenvalue weighted by molar-refractivity contribution is 6.31. The zero-order valence-corrected chi connectivity index (χ0v) is 18.0. The Morgan fingerprint density at radius 1 is 1.19 bits per heavy atom. The van der Waals surface area contributed by atoms with Crippen molar-refractivity contribution in [3.63, 3.8) is 0 Å². The van der Waals surface area contributed by atoms with Crippen LogP contribution in [-0.4, -0.2) is 30.0 Å². The van der Waals surface area contributed by atoms with E-state index in [1.807, 2.05) is 0 Å². The monoisotopic (exact) mass is 474 g/mol. The highest BCUT2D eigenvalue weighted by Gasteiger charge is 2.42. The van der Waals surface area contributed by atoms with Crippen LogP contribution in [0.15, 0.2) is 36.4 Å². The van der Waals surface area contributed by atoms with Crippen molar-refractivity contribution in [2.24, 2.45) is 0 Å². The number of ether oxygens (including phenoxy) is 4. The van der Waals surface area contributed by atoms with Crippen LogP contribution in [0.2, 0.25) is 5.02 Å². The standard InChI is InChI=1S/C22H22ClF3O6/c1-2-21(32-20(27)28)13-15-11-16(8-9-19(15)31-21)29-10-4-3-5-14-6-7-17(12-18(14)23)30-22(24,25)26/h6-9,11-12H,2-5,10,13H2,1H3,(H,27,28)/t21-/m0/s1. The summed E-state index contributed by atoms with van der Waals surface area (Å²) in [6, 6.07) is 9.16. The average Bonchev–Trinajstić information content (AvgIpc) is 3.05. The van der Waals surface area contributed by atoms with Crippen LogP contribution in [0.5, 0.6) is 17.2 Å². The molecule has 0 radical (unpaired) electrons. The molecule has 0 aromatic heterocycles. The Morgan fingerprint density at radius 3 is 2.59 bits per heavy atom. The number of rotatable bonds is 9. The molecule has 0 saturated carbocycles. The Kier molecular flexibility index (Phi) is 7.28. The van der Waals surface area contributed by atoms with Crippen molar-refractivity contribution >= 4 is 17.8 Å². The second-order valence-electron chi connectivity index (χ2n) is 7.29. The molecule has 1 aliphatic heterocycles. The summed E-state index contributed by atoms with van der Waals surface area (Å²) in [5, 5.41) is 9.16. The van der Waals surface area contributed by atoms with Gasteiger partial charge >= 0.3 is 12.5 Å². The molecule has 1 aliphatic rings. The van der Waals surface area contributed by atoms with Gasteiger partial charge in [0.1, 0.15) is 17.2 Å². The summed E-state index contributed by atoms with van der Waals surface area (Å²) in [5.41, 5.74) is 1.53. The van der Waals surface area contributed by atoms with E-state index in [-0.39, 0.29) is 10.8 Å². The van der Waals surface area contributed by atoms with Crippen molar-refractivity contribution in [1.82, 2.24) is 0 Å². The van der Waals surface area contributed by atoms with Gasteiger partial charge in [0.05, 0.1) is 13.0 Å². The molecule has 1 N–H and O–H groups in total. The Morgan fingerprint density at radius 2 is 1.94 bits per heavy atom. The van der Waals surface area contributed by atoms with Gasteiger partial charge in [0.2, 0.25) is 0 Å². The summed E-state index contributed by atoms with van der Waals surface area (Å²) in [6.45, 7) is 2.21. The first-order valence-corrected chi connectivity index (χ1v) is 10.4. The number of fused-ring (bicyclic) bond motifs is 1. The van der Waals surface area contributed by atoms with Gasteiger partial charge in [-0.3, -0.25) is 0 Å². The van der Waals surface area contributed by atoms with E-state index in [2.05, 4.69) is 4.74 Å². The molecule has 0 unspecified atom stereocenters. The van der Waals surface area contributed by atoms with Crippen LogP contribution in [0.1, 0.15) is 37.3 Å². The molecule has 0 fully saturated rings. The Hall–Kier alpha value is -2.81. The van der Waals surface area contributed by atoms with E-state index in [1.54, 1.807) is 25.1 Å². The first-order chi connectivity index (χ1) is 15.1. The van der Waals surface area contributed by atoms with E-state index < -0.39 is 18.3 Å². The van der Waals surface area contributed by atoms with Gasteiger partial charge in [-0.15, -0.1) is 13.2 Å². The van der Waals surface area contributed by atoms with E-state index in [0.29, 0.717) is 43.8 Å². The Labute approximate surface area is 187 Å². The lowest BCUT2D eigenvalue weighted by atomic mass is 10.1. The van der Waals surface area contributed by atoms with Crippen molar-refractivity contribution in [2.75, 3.05) is 6.61 Å². The molecule has 0 amide bonds. The minimum atomic E-state index is -4.76.